The third-order valence-electron chi connectivity index (χ3n) is 3.02. The summed E-state index contributed by atoms with van der Waals surface area (Å²) in [7, 11) is -7.27. The fourth-order valence-electron chi connectivity index (χ4n) is 1.94. The summed E-state index contributed by atoms with van der Waals surface area (Å²) in [6, 6.07) is 3.72. The normalized spacial score (nSPS) is 17.2. The van der Waals surface area contributed by atoms with Gasteiger partial charge >= 0.3 is 0 Å². The summed E-state index contributed by atoms with van der Waals surface area (Å²) >= 11 is 5.93. The van der Waals surface area contributed by atoms with Crippen LogP contribution in [0.5, 0.6) is 0 Å². The Morgan fingerprint density at radius 1 is 1.14 bits per heavy atom. The van der Waals surface area contributed by atoms with Crippen molar-refractivity contribution in [2.45, 2.75) is 9.79 Å². The quantitative estimate of drug-likeness (QED) is 0.844. The first-order valence-electron chi connectivity index (χ1n) is 5.93. The van der Waals surface area contributed by atoms with Gasteiger partial charge in [-0.1, -0.05) is 11.6 Å². The number of benzene rings is 1. The largest absolute Gasteiger partial charge is 0.314 e. The molecule has 21 heavy (non-hydrogen) atoms. The number of nitrogens with one attached hydrogen (secondary N) is 1. The van der Waals surface area contributed by atoms with Crippen molar-refractivity contribution in [2.75, 3.05) is 32.4 Å². The molecule has 1 aromatic carbocycles. The molecule has 1 aliphatic heterocycles. The molecule has 6 nitrogen and oxygen atoms in total. The van der Waals surface area contributed by atoms with Gasteiger partial charge in [0.05, 0.1) is 9.92 Å². The number of piperazine rings is 1. The smallest absolute Gasteiger partial charge is 0.244 e. The molecule has 1 aliphatic rings. The second-order valence-corrected chi connectivity index (χ2v) is 8.85. The Kier molecular flexibility index (Phi) is 6.05. The Hall–Kier alpha value is -0.380. The number of nitrogens with zero attached hydrogens (tertiary/aromatic N) is 1. The van der Waals surface area contributed by atoms with Crippen LogP contribution in [0.4, 0.5) is 0 Å². The van der Waals surface area contributed by atoms with Gasteiger partial charge in [0.2, 0.25) is 10.0 Å². The van der Waals surface area contributed by atoms with Crippen LogP contribution < -0.4 is 5.32 Å². The maximum atomic E-state index is 12.5. The Morgan fingerprint density at radius 3 is 2.24 bits per heavy atom. The molecule has 10 heteroatoms. The zero-order valence-electron chi connectivity index (χ0n) is 11.2. The topological polar surface area (TPSA) is 83.5 Å². The zero-order valence-corrected chi connectivity index (χ0v) is 14.4. The van der Waals surface area contributed by atoms with Crippen LogP contribution >= 0.6 is 24.0 Å². The summed E-state index contributed by atoms with van der Waals surface area (Å²) in [6.07, 6.45) is 1.03. The van der Waals surface area contributed by atoms with Crippen LogP contribution in [0, 0.1) is 0 Å². The average molecular weight is 375 g/mol. The van der Waals surface area contributed by atoms with Crippen LogP contribution in [-0.2, 0) is 19.9 Å². The van der Waals surface area contributed by atoms with E-state index in [1.165, 1.54) is 16.4 Å². The fraction of sp³-hybridized carbons (Fsp3) is 0.455. The van der Waals surface area contributed by atoms with E-state index in [0.717, 1.165) is 12.3 Å². The summed E-state index contributed by atoms with van der Waals surface area (Å²) < 4.78 is 49.4. The van der Waals surface area contributed by atoms with Crippen molar-refractivity contribution < 1.29 is 16.8 Å². The van der Waals surface area contributed by atoms with Gasteiger partial charge in [0.15, 0.2) is 9.84 Å². The van der Waals surface area contributed by atoms with Gasteiger partial charge in [-0.3, -0.25) is 0 Å². The van der Waals surface area contributed by atoms with Crippen molar-refractivity contribution in [1.29, 1.82) is 0 Å². The molecular formula is C11H16Cl2N2O4S2. The average Bonchev–Trinajstić information content (AvgIpc) is 2.38. The first-order valence-corrected chi connectivity index (χ1v) is 9.64. The van der Waals surface area contributed by atoms with Gasteiger partial charge in [0.25, 0.3) is 0 Å². The summed E-state index contributed by atoms with van der Waals surface area (Å²) in [4.78, 5) is -0.223. The number of sulfonamides is 1. The molecule has 0 aromatic heterocycles. The van der Waals surface area contributed by atoms with E-state index in [-0.39, 0.29) is 27.2 Å². The molecule has 1 heterocycles. The molecule has 2 rings (SSSR count). The highest BCUT2D eigenvalue weighted by atomic mass is 35.5. The van der Waals surface area contributed by atoms with E-state index in [4.69, 9.17) is 11.6 Å². The van der Waals surface area contributed by atoms with E-state index in [1.54, 1.807) is 0 Å². The van der Waals surface area contributed by atoms with Gasteiger partial charge in [-0.15, -0.1) is 12.4 Å². The lowest BCUT2D eigenvalue weighted by Gasteiger charge is -2.27. The third-order valence-corrected chi connectivity index (χ3v) is 6.52. The highest BCUT2D eigenvalue weighted by Crippen LogP contribution is 2.27. The van der Waals surface area contributed by atoms with Crippen LogP contribution in [0.1, 0.15) is 0 Å². The zero-order chi connectivity index (χ0) is 15.0. The highest BCUT2D eigenvalue weighted by molar-refractivity contribution is 7.91. The minimum atomic E-state index is -3.78. The monoisotopic (exact) mass is 374 g/mol. The van der Waals surface area contributed by atoms with Crippen LogP contribution in [-0.4, -0.2) is 53.6 Å². The molecule has 0 amide bonds. The van der Waals surface area contributed by atoms with E-state index in [0.29, 0.717) is 26.2 Å². The minimum absolute atomic E-state index is 0. The molecule has 1 saturated heterocycles. The van der Waals surface area contributed by atoms with Crippen molar-refractivity contribution in [3.63, 3.8) is 0 Å². The van der Waals surface area contributed by atoms with E-state index < -0.39 is 19.9 Å². The summed E-state index contributed by atoms with van der Waals surface area (Å²) in [5.74, 6) is 0. The Labute approximate surface area is 135 Å². The van der Waals surface area contributed by atoms with Crippen molar-refractivity contribution in [3.05, 3.63) is 23.2 Å². The highest BCUT2D eigenvalue weighted by Gasteiger charge is 2.28. The fourth-order valence-corrected chi connectivity index (χ4v) is 4.60. The Morgan fingerprint density at radius 2 is 1.71 bits per heavy atom. The van der Waals surface area contributed by atoms with Crippen LogP contribution in [0.15, 0.2) is 28.0 Å². The summed E-state index contributed by atoms with van der Waals surface area (Å²) in [6.45, 7) is 1.79. The van der Waals surface area contributed by atoms with Gasteiger partial charge < -0.3 is 5.32 Å². The predicted octanol–water partition coefficient (Wildman–Crippen LogP) is 0.759. The summed E-state index contributed by atoms with van der Waals surface area (Å²) in [5, 5.41) is 3.08. The van der Waals surface area contributed by atoms with Gasteiger partial charge in [0, 0.05) is 32.4 Å². The molecule has 0 unspecified atom stereocenters. The van der Waals surface area contributed by atoms with Gasteiger partial charge in [-0.2, -0.15) is 4.31 Å². The molecule has 1 fully saturated rings. The molecule has 0 radical (unpaired) electrons. The van der Waals surface area contributed by atoms with E-state index in [2.05, 4.69) is 5.32 Å². The van der Waals surface area contributed by atoms with Gasteiger partial charge in [0.1, 0.15) is 4.90 Å². The second kappa shape index (κ2) is 6.80. The van der Waals surface area contributed by atoms with Crippen LogP contribution in [0.3, 0.4) is 0 Å². The lowest BCUT2D eigenvalue weighted by atomic mass is 10.4. The Bertz CT molecular complexity index is 714. The molecular weight excluding hydrogens is 359 g/mol. The molecule has 0 aliphatic carbocycles. The molecule has 0 spiro atoms. The first kappa shape index (κ1) is 18.7. The molecule has 120 valence electrons. The van der Waals surface area contributed by atoms with Crippen molar-refractivity contribution >= 4 is 43.9 Å². The van der Waals surface area contributed by atoms with Gasteiger partial charge in [-0.05, 0) is 18.2 Å². The van der Waals surface area contributed by atoms with E-state index in [9.17, 15) is 16.8 Å². The van der Waals surface area contributed by atoms with Crippen LogP contribution in [0.25, 0.3) is 0 Å². The van der Waals surface area contributed by atoms with Crippen LogP contribution in [0.2, 0.25) is 5.02 Å². The third kappa shape index (κ3) is 4.08. The Balaban J connectivity index is 0.00000220. The number of rotatable bonds is 3. The minimum Gasteiger partial charge on any atom is -0.314 e. The molecule has 1 N–H and O–H groups in total. The standard InChI is InChI=1S/C11H15ClN2O4S2.ClH/c1-19(15,16)9-2-3-10(12)11(8-9)20(17,18)14-6-4-13-5-7-14;/h2-3,8,13H,4-7H2,1H3;1H. The van der Waals surface area contributed by atoms with Crippen molar-refractivity contribution in [3.8, 4) is 0 Å². The SMILES string of the molecule is CS(=O)(=O)c1ccc(Cl)c(S(=O)(=O)N2CCNCC2)c1.Cl. The van der Waals surface area contributed by atoms with E-state index in [1.807, 2.05) is 0 Å². The lowest BCUT2D eigenvalue weighted by molar-refractivity contribution is 0.360. The second-order valence-electron chi connectivity index (χ2n) is 4.52. The molecule has 0 saturated carbocycles. The van der Waals surface area contributed by atoms with Crippen molar-refractivity contribution in [2.24, 2.45) is 0 Å². The number of hydrogen-bond donors (Lipinski definition) is 1. The summed E-state index contributed by atoms with van der Waals surface area (Å²) in [5.41, 5.74) is 0. The maximum Gasteiger partial charge on any atom is 0.244 e. The first-order chi connectivity index (χ1) is 9.23. The molecule has 1 aromatic rings. The molecule has 0 bridgehead atoms. The lowest BCUT2D eigenvalue weighted by Crippen LogP contribution is -2.46. The van der Waals surface area contributed by atoms with Crippen molar-refractivity contribution in [1.82, 2.24) is 9.62 Å². The number of sulfone groups is 1. The van der Waals surface area contributed by atoms with Gasteiger partial charge in [-0.25, -0.2) is 16.8 Å². The molecule has 0 atom stereocenters. The predicted molar refractivity (Wildman–Crippen MR) is 83.4 cm³/mol. The number of hydrogen-bond acceptors (Lipinski definition) is 5. The maximum absolute atomic E-state index is 12.5. The van der Waals surface area contributed by atoms with E-state index >= 15 is 0 Å². The number of halogens is 2.